The lowest BCUT2D eigenvalue weighted by atomic mass is 10.1. The number of hydrogen-bond acceptors (Lipinski definition) is 4. The van der Waals surface area contributed by atoms with Gasteiger partial charge in [-0.05, 0) is 80.3 Å². The average molecular weight is 423 g/mol. The first-order valence-electron chi connectivity index (χ1n) is 9.97. The third-order valence-electron chi connectivity index (χ3n) is 4.73. The number of hydrogen-bond donors (Lipinski definition) is 1. The van der Waals surface area contributed by atoms with Crippen molar-refractivity contribution in [2.45, 2.75) is 34.3 Å². The van der Waals surface area contributed by atoms with E-state index in [1.54, 1.807) is 6.21 Å². The molecular weight excluding hydrogens is 396 g/mol. The fraction of sp³-hybridized carbons (Fsp3) is 0.240. The predicted molar refractivity (Wildman–Crippen MR) is 125 cm³/mol. The maximum Gasteiger partial charge on any atom is 0.161 e. The van der Waals surface area contributed by atoms with Gasteiger partial charge in [-0.15, -0.1) is 0 Å². The SMILES string of the molecule is CCOc1cc(/C=N/Nc2ccc(C)c(Cl)c2)ccc1OCc1cc(C)ccc1C. The largest absolute Gasteiger partial charge is 0.490 e. The molecule has 0 aliphatic rings. The third-order valence-corrected chi connectivity index (χ3v) is 5.14. The maximum absolute atomic E-state index is 6.15. The lowest BCUT2D eigenvalue weighted by molar-refractivity contribution is 0.269. The van der Waals surface area contributed by atoms with E-state index in [1.165, 1.54) is 16.7 Å². The molecule has 3 aromatic rings. The molecule has 156 valence electrons. The predicted octanol–water partition coefficient (Wildman–Crippen LogP) is 6.69. The van der Waals surface area contributed by atoms with Gasteiger partial charge in [-0.1, -0.05) is 41.4 Å². The third kappa shape index (κ3) is 5.77. The Labute approximate surface area is 183 Å². The summed E-state index contributed by atoms with van der Waals surface area (Å²) in [5.74, 6) is 1.42. The van der Waals surface area contributed by atoms with Crippen LogP contribution in [0.3, 0.4) is 0 Å². The number of aryl methyl sites for hydroxylation is 3. The fourth-order valence-electron chi connectivity index (χ4n) is 2.95. The topological polar surface area (TPSA) is 42.8 Å². The van der Waals surface area contributed by atoms with Gasteiger partial charge in [-0.3, -0.25) is 5.43 Å². The summed E-state index contributed by atoms with van der Waals surface area (Å²) in [4.78, 5) is 0. The van der Waals surface area contributed by atoms with Crippen LogP contribution in [0.5, 0.6) is 11.5 Å². The number of benzene rings is 3. The minimum Gasteiger partial charge on any atom is -0.490 e. The van der Waals surface area contributed by atoms with E-state index in [-0.39, 0.29) is 0 Å². The molecule has 0 aliphatic carbocycles. The summed E-state index contributed by atoms with van der Waals surface area (Å²) < 4.78 is 11.9. The Morgan fingerprint density at radius 2 is 1.70 bits per heavy atom. The molecule has 0 heterocycles. The minimum absolute atomic E-state index is 0.497. The van der Waals surface area contributed by atoms with Crippen molar-refractivity contribution < 1.29 is 9.47 Å². The molecule has 0 spiro atoms. The molecular formula is C25H27ClN2O2. The summed E-state index contributed by atoms with van der Waals surface area (Å²) in [6, 6.07) is 17.9. The lowest BCUT2D eigenvalue weighted by Crippen LogP contribution is -2.02. The Kier molecular flexibility index (Phi) is 7.36. The Hall–Kier alpha value is -2.98. The van der Waals surface area contributed by atoms with Gasteiger partial charge in [0.25, 0.3) is 0 Å². The quantitative estimate of drug-likeness (QED) is 0.325. The van der Waals surface area contributed by atoms with E-state index in [1.807, 2.05) is 50.2 Å². The summed E-state index contributed by atoms with van der Waals surface area (Å²) >= 11 is 6.15. The first kappa shape index (κ1) is 21.7. The monoisotopic (exact) mass is 422 g/mol. The average Bonchev–Trinajstić information content (AvgIpc) is 2.72. The van der Waals surface area contributed by atoms with Crippen LogP contribution >= 0.6 is 11.6 Å². The molecule has 0 fully saturated rings. The molecule has 5 heteroatoms. The second-order valence-electron chi connectivity index (χ2n) is 7.19. The van der Waals surface area contributed by atoms with Gasteiger partial charge in [0.15, 0.2) is 11.5 Å². The summed E-state index contributed by atoms with van der Waals surface area (Å²) in [5, 5.41) is 5.01. The summed E-state index contributed by atoms with van der Waals surface area (Å²) in [5.41, 5.74) is 9.37. The minimum atomic E-state index is 0.497. The van der Waals surface area contributed by atoms with Crippen molar-refractivity contribution in [3.63, 3.8) is 0 Å². The van der Waals surface area contributed by atoms with Crippen LogP contribution in [0, 0.1) is 20.8 Å². The van der Waals surface area contributed by atoms with Crippen LogP contribution in [0.1, 0.15) is 34.7 Å². The van der Waals surface area contributed by atoms with E-state index < -0.39 is 0 Å². The van der Waals surface area contributed by atoms with Crippen LogP contribution in [0.15, 0.2) is 59.7 Å². The highest BCUT2D eigenvalue weighted by Gasteiger charge is 2.08. The van der Waals surface area contributed by atoms with Gasteiger partial charge in [-0.25, -0.2) is 0 Å². The number of halogens is 1. The zero-order valence-electron chi connectivity index (χ0n) is 17.8. The molecule has 0 saturated carbocycles. The van der Waals surface area contributed by atoms with E-state index in [4.69, 9.17) is 21.1 Å². The van der Waals surface area contributed by atoms with Gasteiger partial charge in [0.05, 0.1) is 18.5 Å². The van der Waals surface area contributed by atoms with Gasteiger partial charge in [-0.2, -0.15) is 5.10 Å². The second kappa shape index (κ2) is 10.2. The van der Waals surface area contributed by atoms with Gasteiger partial charge in [0, 0.05) is 5.02 Å². The van der Waals surface area contributed by atoms with E-state index in [0.717, 1.165) is 16.8 Å². The molecule has 0 radical (unpaired) electrons. The highest BCUT2D eigenvalue weighted by atomic mass is 35.5. The highest BCUT2D eigenvalue weighted by Crippen LogP contribution is 2.29. The summed E-state index contributed by atoms with van der Waals surface area (Å²) in [6.45, 7) is 9.15. The van der Waals surface area contributed by atoms with E-state index in [9.17, 15) is 0 Å². The molecule has 0 atom stereocenters. The van der Waals surface area contributed by atoms with Gasteiger partial charge in [0.1, 0.15) is 6.61 Å². The zero-order valence-corrected chi connectivity index (χ0v) is 18.6. The van der Waals surface area contributed by atoms with Crippen LogP contribution < -0.4 is 14.9 Å². The van der Waals surface area contributed by atoms with Crippen LogP contribution in [0.4, 0.5) is 5.69 Å². The van der Waals surface area contributed by atoms with Crippen molar-refractivity contribution in [1.29, 1.82) is 0 Å². The summed E-state index contributed by atoms with van der Waals surface area (Å²) in [7, 11) is 0. The Balaban J connectivity index is 1.70. The molecule has 0 bridgehead atoms. The van der Waals surface area contributed by atoms with Crippen molar-refractivity contribution in [3.8, 4) is 11.5 Å². The van der Waals surface area contributed by atoms with E-state index >= 15 is 0 Å². The maximum atomic E-state index is 6.15. The van der Waals surface area contributed by atoms with Crippen LogP contribution in [0.2, 0.25) is 5.02 Å². The highest BCUT2D eigenvalue weighted by molar-refractivity contribution is 6.31. The molecule has 0 amide bonds. The van der Waals surface area contributed by atoms with Gasteiger partial charge >= 0.3 is 0 Å². The molecule has 3 rings (SSSR count). The first-order chi connectivity index (χ1) is 14.5. The number of rotatable bonds is 8. The smallest absolute Gasteiger partial charge is 0.161 e. The lowest BCUT2D eigenvalue weighted by Gasteiger charge is -2.14. The molecule has 0 aromatic heterocycles. The fourth-order valence-corrected chi connectivity index (χ4v) is 3.13. The molecule has 1 N–H and O–H groups in total. The van der Waals surface area contributed by atoms with Crippen LogP contribution in [-0.4, -0.2) is 12.8 Å². The van der Waals surface area contributed by atoms with Crippen LogP contribution in [0.25, 0.3) is 0 Å². The first-order valence-corrected chi connectivity index (χ1v) is 10.3. The Morgan fingerprint density at radius 1 is 0.900 bits per heavy atom. The van der Waals surface area contributed by atoms with E-state index in [2.05, 4.69) is 42.6 Å². The number of ether oxygens (including phenoxy) is 2. The molecule has 30 heavy (non-hydrogen) atoms. The number of hydrazone groups is 1. The van der Waals surface area contributed by atoms with E-state index in [0.29, 0.717) is 29.7 Å². The van der Waals surface area contributed by atoms with Crippen molar-refractivity contribution in [2.24, 2.45) is 5.10 Å². The number of anilines is 1. The van der Waals surface area contributed by atoms with Gasteiger partial charge < -0.3 is 9.47 Å². The van der Waals surface area contributed by atoms with Crippen molar-refractivity contribution in [1.82, 2.24) is 0 Å². The van der Waals surface area contributed by atoms with Crippen LogP contribution in [-0.2, 0) is 6.61 Å². The molecule has 0 saturated heterocycles. The standard InChI is InChI=1S/C25H27ClN2O2/c1-5-29-25-13-20(15-27-28-22-10-8-19(4)23(26)14-22)9-11-24(25)30-16-21-12-17(2)6-7-18(21)3/h6-15,28H,5,16H2,1-4H3/b27-15+. The van der Waals surface area contributed by atoms with Crippen molar-refractivity contribution in [2.75, 3.05) is 12.0 Å². The number of nitrogens with zero attached hydrogens (tertiary/aromatic N) is 1. The second-order valence-corrected chi connectivity index (χ2v) is 7.60. The van der Waals surface area contributed by atoms with Crippen molar-refractivity contribution in [3.05, 3.63) is 87.4 Å². The van der Waals surface area contributed by atoms with Gasteiger partial charge in [0.2, 0.25) is 0 Å². The molecule has 3 aromatic carbocycles. The Bertz CT molecular complexity index is 1050. The summed E-state index contributed by atoms with van der Waals surface area (Å²) in [6.07, 6.45) is 1.74. The molecule has 4 nitrogen and oxygen atoms in total. The Morgan fingerprint density at radius 3 is 2.47 bits per heavy atom. The van der Waals surface area contributed by atoms with Crippen molar-refractivity contribution >= 4 is 23.5 Å². The zero-order chi connectivity index (χ0) is 21.5. The molecule has 0 unspecified atom stereocenters. The number of nitrogens with one attached hydrogen (secondary N) is 1. The molecule has 0 aliphatic heterocycles. The normalized spacial score (nSPS) is 11.0.